The third-order valence-electron chi connectivity index (χ3n) is 4.05. The standard InChI is InChI=1S/C20H21ClO5/c1-13-3-4-14(2)18(7-13)24-6-5-19(22)25-11-16-9-17(21)8-15-10-23-12-26-20(15)16/h3-4,7-9H,5-6,10-12H2,1-2H3. The Morgan fingerprint density at radius 3 is 2.92 bits per heavy atom. The number of ether oxygens (including phenoxy) is 4. The smallest absolute Gasteiger partial charge is 0.309 e. The van der Waals surface area contributed by atoms with Gasteiger partial charge in [-0.2, -0.15) is 0 Å². The number of benzene rings is 2. The Kier molecular flexibility index (Phi) is 6.01. The van der Waals surface area contributed by atoms with Crippen molar-refractivity contribution in [1.29, 1.82) is 0 Å². The summed E-state index contributed by atoms with van der Waals surface area (Å²) in [7, 11) is 0. The fourth-order valence-corrected chi connectivity index (χ4v) is 2.96. The van der Waals surface area contributed by atoms with Crippen LogP contribution in [0.2, 0.25) is 5.02 Å². The quantitative estimate of drug-likeness (QED) is 0.702. The molecule has 6 heteroatoms. The van der Waals surface area contributed by atoms with Crippen molar-refractivity contribution in [2.75, 3.05) is 13.4 Å². The van der Waals surface area contributed by atoms with Crippen molar-refractivity contribution < 1.29 is 23.7 Å². The van der Waals surface area contributed by atoms with Gasteiger partial charge in [0.1, 0.15) is 18.1 Å². The van der Waals surface area contributed by atoms with Crippen molar-refractivity contribution in [3.05, 3.63) is 57.6 Å². The monoisotopic (exact) mass is 376 g/mol. The highest BCUT2D eigenvalue weighted by atomic mass is 35.5. The van der Waals surface area contributed by atoms with E-state index in [1.54, 1.807) is 12.1 Å². The summed E-state index contributed by atoms with van der Waals surface area (Å²) < 4.78 is 21.8. The molecule has 138 valence electrons. The number of aryl methyl sites for hydroxylation is 2. The van der Waals surface area contributed by atoms with Crippen molar-refractivity contribution >= 4 is 17.6 Å². The minimum absolute atomic E-state index is 0.102. The molecule has 0 amide bonds. The van der Waals surface area contributed by atoms with Crippen LogP contribution in [0.5, 0.6) is 11.5 Å². The van der Waals surface area contributed by atoms with E-state index in [-0.39, 0.29) is 32.4 Å². The van der Waals surface area contributed by atoms with E-state index in [9.17, 15) is 4.79 Å². The molecule has 1 aliphatic rings. The van der Waals surface area contributed by atoms with Crippen molar-refractivity contribution in [2.24, 2.45) is 0 Å². The molecule has 0 bridgehead atoms. The first-order valence-corrected chi connectivity index (χ1v) is 8.78. The topological polar surface area (TPSA) is 54.0 Å². The number of esters is 1. The predicted molar refractivity (Wildman–Crippen MR) is 97.6 cm³/mol. The molecule has 26 heavy (non-hydrogen) atoms. The molecule has 2 aromatic carbocycles. The summed E-state index contributed by atoms with van der Waals surface area (Å²) in [6, 6.07) is 9.51. The zero-order valence-corrected chi connectivity index (χ0v) is 15.6. The number of rotatable bonds is 6. The van der Waals surface area contributed by atoms with E-state index in [0.29, 0.717) is 17.4 Å². The molecule has 0 spiro atoms. The second-order valence-corrected chi connectivity index (χ2v) is 6.63. The molecule has 1 aliphatic heterocycles. The molecule has 3 rings (SSSR count). The van der Waals surface area contributed by atoms with Gasteiger partial charge in [0.2, 0.25) is 0 Å². The maximum absolute atomic E-state index is 12.0. The van der Waals surface area contributed by atoms with Crippen LogP contribution in [0, 0.1) is 13.8 Å². The molecule has 0 N–H and O–H groups in total. The van der Waals surface area contributed by atoms with Crippen molar-refractivity contribution in [1.82, 2.24) is 0 Å². The normalized spacial score (nSPS) is 12.9. The Labute approximate surface area is 157 Å². The molecular weight excluding hydrogens is 356 g/mol. The molecule has 0 fully saturated rings. The summed E-state index contributed by atoms with van der Waals surface area (Å²) in [6.45, 7) is 4.95. The first-order chi connectivity index (χ1) is 12.5. The van der Waals surface area contributed by atoms with Crippen LogP contribution < -0.4 is 9.47 Å². The van der Waals surface area contributed by atoms with Gasteiger partial charge < -0.3 is 18.9 Å². The SMILES string of the molecule is Cc1ccc(C)c(OCCC(=O)OCc2cc(Cl)cc3c2OCOC3)c1. The van der Waals surface area contributed by atoms with E-state index in [2.05, 4.69) is 0 Å². The summed E-state index contributed by atoms with van der Waals surface area (Å²) in [5, 5.41) is 0.558. The van der Waals surface area contributed by atoms with Gasteiger partial charge in [0.15, 0.2) is 6.79 Å². The fraction of sp³-hybridized carbons (Fsp3) is 0.350. The highest BCUT2D eigenvalue weighted by Crippen LogP contribution is 2.32. The van der Waals surface area contributed by atoms with Crippen LogP contribution in [0.25, 0.3) is 0 Å². The van der Waals surface area contributed by atoms with E-state index < -0.39 is 0 Å². The predicted octanol–water partition coefficient (Wildman–Crippen LogP) is 4.34. The van der Waals surface area contributed by atoms with Gasteiger partial charge >= 0.3 is 5.97 Å². The summed E-state index contributed by atoms with van der Waals surface area (Å²) in [5.41, 5.74) is 3.74. The van der Waals surface area contributed by atoms with Crippen LogP contribution in [-0.2, 0) is 27.5 Å². The molecule has 0 unspecified atom stereocenters. The number of carbonyl (C=O) groups is 1. The molecule has 5 nitrogen and oxygen atoms in total. The maximum Gasteiger partial charge on any atom is 0.309 e. The zero-order valence-electron chi connectivity index (χ0n) is 14.8. The Morgan fingerprint density at radius 1 is 1.23 bits per heavy atom. The number of carbonyl (C=O) groups excluding carboxylic acids is 1. The van der Waals surface area contributed by atoms with Gasteiger partial charge in [0, 0.05) is 16.1 Å². The van der Waals surface area contributed by atoms with E-state index in [0.717, 1.165) is 28.0 Å². The number of halogens is 1. The van der Waals surface area contributed by atoms with Gasteiger partial charge in [-0.05, 0) is 43.2 Å². The highest BCUT2D eigenvalue weighted by Gasteiger charge is 2.17. The zero-order chi connectivity index (χ0) is 18.5. The molecule has 0 saturated heterocycles. The summed E-state index contributed by atoms with van der Waals surface area (Å²) in [5.74, 6) is 1.13. The minimum atomic E-state index is -0.337. The molecule has 1 heterocycles. The molecular formula is C20H21ClO5. The summed E-state index contributed by atoms with van der Waals surface area (Å²) in [6.07, 6.45) is 0.167. The first kappa shape index (κ1) is 18.5. The van der Waals surface area contributed by atoms with E-state index in [4.69, 9.17) is 30.5 Å². The third-order valence-corrected chi connectivity index (χ3v) is 4.27. The van der Waals surface area contributed by atoms with E-state index >= 15 is 0 Å². The lowest BCUT2D eigenvalue weighted by Crippen LogP contribution is -2.15. The van der Waals surface area contributed by atoms with Gasteiger partial charge in [-0.3, -0.25) is 4.79 Å². The second-order valence-electron chi connectivity index (χ2n) is 6.19. The van der Waals surface area contributed by atoms with Crippen LogP contribution in [0.3, 0.4) is 0 Å². The highest BCUT2D eigenvalue weighted by molar-refractivity contribution is 6.30. The lowest BCUT2D eigenvalue weighted by Gasteiger charge is -2.21. The van der Waals surface area contributed by atoms with Gasteiger partial charge in [-0.1, -0.05) is 23.7 Å². The summed E-state index contributed by atoms with van der Waals surface area (Å²) >= 11 is 6.10. The van der Waals surface area contributed by atoms with Crippen molar-refractivity contribution in [2.45, 2.75) is 33.5 Å². The summed E-state index contributed by atoms with van der Waals surface area (Å²) in [4.78, 5) is 12.0. The molecule has 0 saturated carbocycles. The first-order valence-electron chi connectivity index (χ1n) is 8.40. The Balaban J connectivity index is 1.52. The van der Waals surface area contributed by atoms with Gasteiger partial charge in [-0.25, -0.2) is 0 Å². The minimum Gasteiger partial charge on any atom is -0.493 e. The van der Waals surface area contributed by atoms with E-state index in [1.165, 1.54) is 0 Å². The number of hydrogen-bond acceptors (Lipinski definition) is 5. The molecule has 0 radical (unpaired) electrons. The van der Waals surface area contributed by atoms with E-state index in [1.807, 2.05) is 32.0 Å². The lowest BCUT2D eigenvalue weighted by atomic mass is 10.1. The van der Waals surface area contributed by atoms with Crippen LogP contribution in [0.1, 0.15) is 28.7 Å². The van der Waals surface area contributed by atoms with Gasteiger partial charge in [0.05, 0.1) is 19.6 Å². The molecule has 0 atom stereocenters. The molecule has 0 aliphatic carbocycles. The van der Waals surface area contributed by atoms with Crippen molar-refractivity contribution in [3.63, 3.8) is 0 Å². The fourth-order valence-electron chi connectivity index (χ4n) is 2.70. The Bertz CT molecular complexity index is 803. The van der Waals surface area contributed by atoms with Crippen LogP contribution in [0.4, 0.5) is 0 Å². The van der Waals surface area contributed by atoms with Crippen molar-refractivity contribution in [3.8, 4) is 11.5 Å². The molecule has 2 aromatic rings. The van der Waals surface area contributed by atoms with Crippen LogP contribution in [-0.4, -0.2) is 19.4 Å². The van der Waals surface area contributed by atoms with Crippen LogP contribution >= 0.6 is 11.6 Å². The number of fused-ring (bicyclic) bond motifs is 1. The second kappa shape index (κ2) is 8.43. The number of hydrogen-bond donors (Lipinski definition) is 0. The third kappa shape index (κ3) is 4.68. The van der Waals surface area contributed by atoms with Gasteiger partial charge in [-0.15, -0.1) is 0 Å². The largest absolute Gasteiger partial charge is 0.493 e. The Hall–Kier alpha value is -2.24. The van der Waals surface area contributed by atoms with Crippen LogP contribution in [0.15, 0.2) is 30.3 Å². The average Bonchev–Trinajstić information content (AvgIpc) is 2.62. The maximum atomic E-state index is 12.0. The lowest BCUT2D eigenvalue weighted by molar-refractivity contribution is -0.145. The Morgan fingerprint density at radius 2 is 2.08 bits per heavy atom. The molecule has 0 aromatic heterocycles. The average molecular weight is 377 g/mol. The van der Waals surface area contributed by atoms with Gasteiger partial charge in [0.25, 0.3) is 0 Å².